The number of hydrogen-bond acceptors (Lipinski definition) is 3. The van der Waals surface area contributed by atoms with E-state index in [1.807, 2.05) is 25.1 Å². The quantitative estimate of drug-likeness (QED) is 0.855. The molecule has 0 saturated carbocycles. The van der Waals surface area contributed by atoms with E-state index in [4.69, 9.17) is 0 Å². The molecule has 0 aliphatic carbocycles. The van der Waals surface area contributed by atoms with Gasteiger partial charge in [-0.1, -0.05) is 6.07 Å². The summed E-state index contributed by atoms with van der Waals surface area (Å²) < 4.78 is 0. The van der Waals surface area contributed by atoms with Crippen molar-refractivity contribution in [3.8, 4) is 0 Å². The first-order chi connectivity index (χ1) is 7.56. The van der Waals surface area contributed by atoms with Crippen molar-refractivity contribution >= 4 is 29.1 Å². The molecule has 1 N–H and O–H groups in total. The summed E-state index contributed by atoms with van der Waals surface area (Å²) in [5, 5.41) is 2.80. The standard InChI is InChI=1S/C12H13NO2S/c1-7(14)5-9-3-4-11-10(6-9)13-12(15)8(2)16-11/h3-4,6,8H,5H2,1-2H3,(H,13,15). The van der Waals surface area contributed by atoms with Crippen LogP contribution >= 0.6 is 11.8 Å². The number of hydrogen-bond donors (Lipinski definition) is 1. The van der Waals surface area contributed by atoms with Gasteiger partial charge in [-0.2, -0.15) is 0 Å². The molecule has 0 saturated heterocycles. The topological polar surface area (TPSA) is 46.2 Å². The Morgan fingerprint density at radius 3 is 2.94 bits per heavy atom. The Hall–Kier alpha value is -1.29. The van der Waals surface area contributed by atoms with Gasteiger partial charge in [-0.3, -0.25) is 9.59 Å². The van der Waals surface area contributed by atoms with Crippen LogP contribution in [0.3, 0.4) is 0 Å². The van der Waals surface area contributed by atoms with Crippen LogP contribution in [0.1, 0.15) is 19.4 Å². The summed E-state index contributed by atoms with van der Waals surface area (Å²) in [7, 11) is 0. The van der Waals surface area contributed by atoms with Crippen molar-refractivity contribution in [2.24, 2.45) is 0 Å². The molecule has 1 aliphatic heterocycles. The molecule has 1 aromatic carbocycles. The Balaban J connectivity index is 2.29. The van der Waals surface area contributed by atoms with Gasteiger partial charge in [0.2, 0.25) is 5.91 Å². The maximum atomic E-state index is 11.5. The zero-order valence-electron chi connectivity index (χ0n) is 9.24. The molecule has 1 atom stereocenters. The van der Waals surface area contributed by atoms with E-state index in [0.717, 1.165) is 16.1 Å². The Morgan fingerprint density at radius 2 is 2.25 bits per heavy atom. The first-order valence-electron chi connectivity index (χ1n) is 5.16. The molecule has 0 bridgehead atoms. The molecule has 2 rings (SSSR count). The van der Waals surface area contributed by atoms with Crippen LogP contribution in [0.2, 0.25) is 0 Å². The lowest BCUT2D eigenvalue weighted by Gasteiger charge is -2.21. The summed E-state index contributed by atoms with van der Waals surface area (Å²) >= 11 is 1.55. The van der Waals surface area contributed by atoms with Gasteiger partial charge in [0.15, 0.2) is 0 Å². The molecule has 84 valence electrons. The third-order valence-corrected chi connectivity index (χ3v) is 3.61. The molecule has 0 spiro atoms. The number of benzene rings is 1. The minimum absolute atomic E-state index is 0.0254. The summed E-state index contributed by atoms with van der Waals surface area (Å²) in [5.41, 5.74) is 1.77. The van der Waals surface area contributed by atoms with Gasteiger partial charge in [-0.25, -0.2) is 0 Å². The van der Waals surface area contributed by atoms with Gasteiger partial charge in [0.05, 0.1) is 10.9 Å². The number of rotatable bonds is 2. The molecule has 0 radical (unpaired) electrons. The number of amides is 1. The van der Waals surface area contributed by atoms with Gasteiger partial charge >= 0.3 is 0 Å². The number of carbonyl (C=O) groups is 2. The van der Waals surface area contributed by atoms with E-state index < -0.39 is 0 Å². The molecular weight excluding hydrogens is 222 g/mol. The first-order valence-corrected chi connectivity index (χ1v) is 6.04. The lowest BCUT2D eigenvalue weighted by atomic mass is 10.1. The van der Waals surface area contributed by atoms with E-state index >= 15 is 0 Å². The van der Waals surface area contributed by atoms with Crippen molar-refractivity contribution in [2.45, 2.75) is 30.4 Å². The highest BCUT2D eigenvalue weighted by atomic mass is 32.2. The molecular formula is C12H13NO2S. The summed E-state index contributed by atoms with van der Waals surface area (Å²) in [6.45, 7) is 3.45. The van der Waals surface area contributed by atoms with Crippen molar-refractivity contribution in [1.29, 1.82) is 0 Å². The van der Waals surface area contributed by atoms with Crippen molar-refractivity contribution in [1.82, 2.24) is 0 Å². The third-order valence-electron chi connectivity index (χ3n) is 2.43. The van der Waals surface area contributed by atoms with Crippen LogP contribution in [0.5, 0.6) is 0 Å². The molecule has 1 amide bonds. The lowest BCUT2D eigenvalue weighted by molar-refractivity contribution is -0.116. The summed E-state index contributed by atoms with van der Waals surface area (Å²) in [4.78, 5) is 23.6. The molecule has 1 aliphatic rings. The SMILES string of the molecule is CC(=O)Cc1ccc2c(c1)NC(=O)C(C)S2. The Labute approximate surface area is 98.6 Å². The zero-order valence-corrected chi connectivity index (χ0v) is 10.1. The second-order valence-electron chi connectivity index (χ2n) is 3.96. The van der Waals surface area contributed by atoms with Crippen LogP contribution in [-0.4, -0.2) is 16.9 Å². The molecule has 4 heteroatoms. The normalized spacial score (nSPS) is 18.9. The van der Waals surface area contributed by atoms with Gasteiger partial charge < -0.3 is 5.32 Å². The molecule has 1 unspecified atom stereocenters. The predicted molar refractivity (Wildman–Crippen MR) is 64.8 cm³/mol. The number of nitrogens with one attached hydrogen (secondary N) is 1. The predicted octanol–water partition coefficient (Wildman–Crippen LogP) is 2.25. The Kier molecular flexibility index (Phi) is 3.01. The first kappa shape index (κ1) is 11.2. The third kappa shape index (κ3) is 2.27. The van der Waals surface area contributed by atoms with E-state index in [-0.39, 0.29) is 16.9 Å². The fraction of sp³-hybridized carbons (Fsp3) is 0.333. The van der Waals surface area contributed by atoms with Crippen molar-refractivity contribution in [3.63, 3.8) is 0 Å². The highest BCUT2D eigenvalue weighted by molar-refractivity contribution is 8.00. The fourth-order valence-electron chi connectivity index (χ4n) is 1.65. The molecule has 0 fully saturated rings. The largest absolute Gasteiger partial charge is 0.324 e. The number of anilines is 1. The van der Waals surface area contributed by atoms with Crippen LogP contribution < -0.4 is 5.32 Å². The van der Waals surface area contributed by atoms with E-state index in [1.165, 1.54) is 0 Å². The van der Waals surface area contributed by atoms with E-state index in [2.05, 4.69) is 5.32 Å². The molecule has 1 aromatic rings. The summed E-state index contributed by atoms with van der Waals surface area (Å²) in [6.07, 6.45) is 0.420. The summed E-state index contributed by atoms with van der Waals surface area (Å²) in [6, 6.07) is 5.79. The van der Waals surface area contributed by atoms with E-state index in [9.17, 15) is 9.59 Å². The van der Waals surface area contributed by atoms with Crippen LogP contribution in [-0.2, 0) is 16.0 Å². The Morgan fingerprint density at radius 1 is 1.50 bits per heavy atom. The van der Waals surface area contributed by atoms with Crippen molar-refractivity contribution in [3.05, 3.63) is 23.8 Å². The average molecular weight is 235 g/mol. The van der Waals surface area contributed by atoms with Crippen LogP contribution in [0.4, 0.5) is 5.69 Å². The van der Waals surface area contributed by atoms with E-state index in [0.29, 0.717) is 6.42 Å². The number of carbonyl (C=O) groups excluding carboxylic acids is 2. The average Bonchev–Trinajstić information content (AvgIpc) is 2.19. The molecule has 0 aromatic heterocycles. The number of Topliss-reactive ketones (excluding diaryl/α,β-unsaturated/α-hetero) is 1. The zero-order chi connectivity index (χ0) is 11.7. The second-order valence-corrected chi connectivity index (χ2v) is 5.34. The van der Waals surface area contributed by atoms with Gasteiger partial charge in [0.1, 0.15) is 5.78 Å². The highest BCUT2D eigenvalue weighted by Gasteiger charge is 2.22. The highest BCUT2D eigenvalue weighted by Crippen LogP contribution is 2.35. The molecule has 16 heavy (non-hydrogen) atoms. The minimum atomic E-state index is -0.0499. The maximum absolute atomic E-state index is 11.5. The van der Waals surface area contributed by atoms with Gasteiger partial charge in [-0.05, 0) is 31.5 Å². The maximum Gasteiger partial charge on any atom is 0.237 e. The van der Waals surface area contributed by atoms with E-state index in [1.54, 1.807) is 18.7 Å². The Bertz CT molecular complexity index is 456. The van der Waals surface area contributed by atoms with Gasteiger partial charge in [0, 0.05) is 11.3 Å². The molecule has 3 nitrogen and oxygen atoms in total. The monoisotopic (exact) mass is 235 g/mol. The smallest absolute Gasteiger partial charge is 0.237 e. The summed E-state index contributed by atoms with van der Waals surface area (Å²) in [5.74, 6) is 0.153. The lowest BCUT2D eigenvalue weighted by Crippen LogP contribution is -2.26. The number of fused-ring (bicyclic) bond motifs is 1. The van der Waals surface area contributed by atoms with Crippen LogP contribution in [0.25, 0.3) is 0 Å². The van der Waals surface area contributed by atoms with Gasteiger partial charge in [0.25, 0.3) is 0 Å². The number of ketones is 1. The van der Waals surface area contributed by atoms with Crippen molar-refractivity contribution in [2.75, 3.05) is 5.32 Å². The molecule has 1 heterocycles. The van der Waals surface area contributed by atoms with Crippen LogP contribution in [0.15, 0.2) is 23.1 Å². The van der Waals surface area contributed by atoms with Gasteiger partial charge in [-0.15, -0.1) is 11.8 Å². The second kappa shape index (κ2) is 4.29. The minimum Gasteiger partial charge on any atom is -0.324 e. The number of thioether (sulfide) groups is 1. The fourth-order valence-corrected chi connectivity index (χ4v) is 2.58. The van der Waals surface area contributed by atoms with Crippen molar-refractivity contribution < 1.29 is 9.59 Å². The van der Waals surface area contributed by atoms with Crippen LogP contribution in [0, 0.1) is 0 Å².